The highest BCUT2D eigenvalue weighted by molar-refractivity contribution is 6.30. The standard InChI is InChI=1S/C23H15ClO3/c1-14-7-12-18-19(13-14)27-23(16-8-10-17(24)11-9-16)20(22(18)26)21(25)15-5-3-2-4-6-15/h2-13H,1H3. The molecule has 27 heavy (non-hydrogen) atoms. The number of halogens is 1. The summed E-state index contributed by atoms with van der Waals surface area (Å²) in [6.45, 7) is 1.92. The molecule has 0 aliphatic carbocycles. The minimum absolute atomic E-state index is 0.0277. The van der Waals surface area contributed by atoms with Gasteiger partial charge in [0.1, 0.15) is 16.9 Å². The summed E-state index contributed by atoms with van der Waals surface area (Å²) >= 11 is 5.99. The Labute approximate surface area is 160 Å². The van der Waals surface area contributed by atoms with Crippen LogP contribution in [0.5, 0.6) is 0 Å². The van der Waals surface area contributed by atoms with E-state index in [1.165, 1.54) is 0 Å². The van der Waals surface area contributed by atoms with Crippen LogP contribution in [-0.2, 0) is 0 Å². The van der Waals surface area contributed by atoms with Crippen molar-refractivity contribution in [3.8, 4) is 11.3 Å². The third-order valence-corrected chi connectivity index (χ3v) is 4.67. The van der Waals surface area contributed by atoms with Crippen LogP contribution < -0.4 is 5.43 Å². The zero-order valence-electron chi connectivity index (χ0n) is 14.5. The van der Waals surface area contributed by atoms with E-state index < -0.39 is 0 Å². The number of hydrogen-bond donors (Lipinski definition) is 0. The Hall–Kier alpha value is -3.17. The SMILES string of the molecule is Cc1ccc2c(=O)c(C(=O)c3ccccc3)c(-c3ccc(Cl)cc3)oc2c1. The second-order valence-electron chi connectivity index (χ2n) is 6.34. The fourth-order valence-electron chi connectivity index (χ4n) is 3.04. The summed E-state index contributed by atoms with van der Waals surface area (Å²) in [5.74, 6) is -0.111. The van der Waals surface area contributed by atoms with Crippen molar-refractivity contribution in [2.24, 2.45) is 0 Å². The van der Waals surface area contributed by atoms with Gasteiger partial charge in [0.25, 0.3) is 0 Å². The Morgan fingerprint density at radius 1 is 0.926 bits per heavy atom. The van der Waals surface area contributed by atoms with Gasteiger partial charge in [-0.2, -0.15) is 0 Å². The molecule has 0 bridgehead atoms. The number of fused-ring (bicyclic) bond motifs is 1. The van der Waals surface area contributed by atoms with Crippen molar-refractivity contribution in [3.63, 3.8) is 0 Å². The van der Waals surface area contributed by atoms with Crippen molar-refractivity contribution in [1.82, 2.24) is 0 Å². The molecule has 1 aromatic heterocycles. The van der Waals surface area contributed by atoms with Crippen LogP contribution in [0.2, 0.25) is 5.02 Å². The molecule has 0 N–H and O–H groups in total. The Kier molecular flexibility index (Phi) is 4.38. The molecule has 0 fully saturated rings. The maximum atomic E-state index is 13.2. The Bertz CT molecular complexity index is 1210. The highest BCUT2D eigenvalue weighted by Crippen LogP contribution is 2.29. The molecule has 0 atom stereocenters. The van der Waals surface area contributed by atoms with Crippen LogP contribution in [0.4, 0.5) is 0 Å². The fourth-order valence-corrected chi connectivity index (χ4v) is 3.17. The molecule has 0 aliphatic rings. The minimum Gasteiger partial charge on any atom is -0.455 e. The van der Waals surface area contributed by atoms with Gasteiger partial charge in [0.05, 0.1) is 5.39 Å². The Balaban J connectivity index is 2.05. The third-order valence-electron chi connectivity index (χ3n) is 4.42. The maximum absolute atomic E-state index is 13.2. The van der Waals surface area contributed by atoms with Crippen molar-refractivity contribution in [2.75, 3.05) is 0 Å². The lowest BCUT2D eigenvalue weighted by Gasteiger charge is -2.10. The van der Waals surface area contributed by atoms with Crippen LogP contribution in [0.3, 0.4) is 0 Å². The van der Waals surface area contributed by atoms with Crippen LogP contribution in [0.1, 0.15) is 21.5 Å². The van der Waals surface area contributed by atoms with Gasteiger partial charge < -0.3 is 4.42 Å². The van der Waals surface area contributed by atoms with Crippen molar-refractivity contribution in [1.29, 1.82) is 0 Å². The molecule has 0 amide bonds. The van der Waals surface area contributed by atoms with E-state index in [9.17, 15) is 9.59 Å². The molecule has 0 spiro atoms. The average Bonchev–Trinajstić information content (AvgIpc) is 2.68. The molecule has 3 nitrogen and oxygen atoms in total. The van der Waals surface area contributed by atoms with E-state index in [2.05, 4.69) is 0 Å². The summed E-state index contributed by atoms with van der Waals surface area (Å²) in [6.07, 6.45) is 0. The molecule has 0 saturated heterocycles. The van der Waals surface area contributed by atoms with E-state index >= 15 is 0 Å². The molecule has 0 aliphatic heterocycles. The van der Waals surface area contributed by atoms with E-state index in [1.807, 2.05) is 19.1 Å². The van der Waals surface area contributed by atoms with Crippen molar-refractivity contribution in [3.05, 3.63) is 105 Å². The minimum atomic E-state index is -0.364. The summed E-state index contributed by atoms with van der Waals surface area (Å²) in [5.41, 5.74) is 2.17. The fraction of sp³-hybridized carbons (Fsp3) is 0.0435. The van der Waals surface area contributed by atoms with E-state index in [4.69, 9.17) is 16.0 Å². The third kappa shape index (κ3) is 3.18. The summed E-state index contributed by atoms with van der Waals surface area (Å²) in [5, 5.41) is 0.950. The molecule has 132 valence electrons. The number of benzene rings is 3. The second-order valence-corrected chi connectivity index (χ2v) is 6.77. The molecule has 4 heteroatoms. The largest absolute Gasteiger partial charge is 0.455 e. The van der Waals surface area contributed by atoms with Crippen molar-refractivity contribution >= 4 is 28.4 Å². The van der Waals surface area contributed by atoms with Crippen molar-refractivity contribution < 1.29 is 9.21 Å². The van der Waals surface area contributed by atoms with Crippen LogP contribution in [0.25, 0.3) is 22.3 Å². The van der Waals surface area contributed by atoms with Gasteiger partial charge in [-0.25, -0.2) is 0 Å². The van der Waals surface area contributed by atoms with Crippen LogP contribution in [0.15, 0.2) is 82.0 Å². The van der Waals surface area contributed by atoms with E-state index in [1.54, 1.807) is 60.7 Å². The van der Waals surface area contributed by atoms with Gasteiger partial charge in [-0.15, -0.1) is 0 Å². The summed E-state index contributed by atoms with van der Waals surface area (Å²) in [4.78, 5) is 26.4. The molecule has 4 aromatic rings. The lowest BCUT2D eigenvalue weighted by Crippen LogP contribution is -2.18. The number of carbonyl (C=O) groups is 1. The van der Waals surface area contributed by atoms with Crippen LogP contribution >= 0.6 is 11.6 Å². The predicted molar refractivity (Wildman–Crippen MR) is 108 cm³/mol. The topological polar surface area (TPSA) is 47.3 Å². The quantitative estimate of drug-likeness (QED) is 0.435. The molecule has 3 aromatic carbocycles. The van der Waals surface area contributed by atoms with Crippen LogP contribution in [0, 0.1) is 6.92 Å². The molecule has 0 radical (unpaired) electrons. The summed E-state index contributed by atoms with van der Waals surface area (Å²) in [6, 6.07) is 20.9. The van der Waals surface area contributed by atoms with E-state index in [0.717, 1.165) is 5.56 Å². The van der Waals surface area contributed by atoms with Gasteiger partial charge >= 0.3 is 0 Å². The van der Waals surface area contributed by atoms with Gasteiger partial charge in [0, 0.05) is 16.1 Å². The highest BCUT2D eigenvalue weighted by Gasteiger charge is 2.23. The van der Waals surface area contributed by atoms with Gasteiger partial charge in [0.2, 0.25) is 11.2 Å². The lowest BCUT2D eigenvalue weighted by atomic mass is 9.97. The first-order chi connectivity index (χ1) is 13.0. The monoisotopic (exact) mass is 374 g/mol. The number of hydrogen-bond acceptors (Lipinski definition) is 3. The molecule has 0 saturated carbocycles. The molecule has 4 rings (SSSR count). The first-order valence-corrected chi connectivity index (χ1v) is 8.85. The molecular formula is C23H15ClO3. The van der Waals surface area contributed by atoms with Crippen LogP contribution in [-0.4, -0.2) is 5.78 Å². The van der Waals surface area contributed by atoms with Crippen molar-refractivity contribution in [2.45, 2.75) is 6.92 Å². The zero-order chi connectivity index (χ0) is 19.0. The Morgan fingerprint density at radius 2 is 1.63 bits per heavy atom. The average molecular weight is 375 g/mol. The highest BCUT2D eigenvalue weighted by atomic mass is 35.5. The first kappa shape index (κ1) is 17.3. The van der Waals surface area contributed by atoms with Gasteiger partial charge in [-0.05, 0) is 48.9 Å². The number of rotatable bonds is 3. The maximum Gasteiger partial charge on any atom is 0.204 e. The lowest BCUT2D eigenvalue weighted by molar-refractivity contribution is 0.103. The normalized spacial score (nSPS) is 10.9. The number of aryl methyl sites for hydroxylation is 1. The summed E-state index contributed by atoms with van der Waals surface area (Å²) in [7, 11) is 0. The summed E-state index contributed by atoms with van der Waals surface area (Å²) < 4.78 is 6.06. The smallest absolute Gasteiger partial charge is 0.204 e. The molecule has 0 unspecified atom stereocenters. The Morgan fingerprint density at radius 3 is 2.33 bits per heavy atom. The number of carbonyl (C=O) groups excluding carboxylic acids is 1. The first-order valence-electron chi connectivity index (χ1n) is 8.48. The molecular weight excluding hydrogens is 360 g/mol. The van der Waals surface area contributed by atoms with E-state index in [0.29, 0.717) is 27.1 Å². The molecule has 1 heterocycles. The van der Waals surface area contributed by atoms with E-state index in [-0.39, 0.29) is 22.5 Å². The second kappa shape index (κ2) is 6.86. The predicted octanol–water partition coefficient (Wildman–Crippen LogP) is 5.65. The number of ketones is 1. The van der Waals surface area contributed by atoms with Gasteiger partial charge in [0.15, 0.2) is 0 Å². The van der Waals surface area contributed by atoms with Gasteiger partial charge in [-0.1, -0.05) is 48.0 Å². The zero-order valence-corrected chi connectivity index (χ0v) is 15.3. The van der Waals surface area contributed by atoms with Gasteiger partial charge in [-0.3, -0.25) is 9.59 Å².